The monoisotopic (exact) mass is 281 g/mol. The number of nitrogens with two attached hydrogens (primary N) is 1. The molecule has 2 heterocycles. The third kappa shape index (κ3) is 2.28. The van der Waals surface area contributed by atoms with Gasteiger partial charge in [0.15, 0.2) is 0 Å². The van der Waals surface area contributed by atoms with Gasteiger partial charge in [0.2, 0.25) is 0 Å². The van der Waals surface area contributed by atoms with Crippen LogP contribution in [0.4, 0.5) is 5.69 Å². The van der Waals surface area contributed by atoms with Crippen LogP contribution in [0.5, 0.6) is 0 Å². The Morgan fingerprint density at radius 1 is 1.44 bits per heavy atom. The second-order valence-electron chi connectivity index (χ2n) is 3.74. The molecule has 2 rings (SSSR count). The lowest BCUT2D eigenvalue weighted by Crippen LogP contribution is -2.05. The number of carbonyl (C=O) groups excluding carboxylic acids is 1. The maximum atomic E-state index is 11.8. The average Bonchev–Trinajstić information content (AvgIpc) is 2.96. The molecule has 0 atom stereocenters. The molecule has 2 aromatic rings. The molecule has 0 saturated heterocycles. The van der Waals surface area contributed by atoms with Gasteiger partial charge in [-0.25, -0.2) is 4.79 Å². The van der Waals surface area contributed by atoms with Gasteiger partial charge in [-0.05, 0) is 35.7 Å². The van der Waals surface area contributed by atoms with E-state index in [4.69, 9.17) is 10.5 Å². The van der Waals surface area contributed by atoms with Gasteiger partial charge in [0.05, 0.1) is 12.3 Å². The maximum Gasteiger partial charge on any atom is 0.350 e. The minimum Gasteiger partial charge on any atom is -0.462 e. The van der Waals surface area contributed by atoms with Gasteiger partial charge < -0.3 is 10.5 Å². The number of carbonyl (C=O) groups is 1. The molecule has 0 aliphatic heterocycles. The Morgan fingerprint density at radius 2 is 2.22 bits per heavy atom. The quantitative estimate of drug-likeness (QED) is 0.867. The van der Waals surface area contributed by atoms with Gasteiger partial charge in [0.25, 0.3) is 0 Å². The third-order valence-electron chi connectivity index (χ3n) is 2.65. The van der Waals surface area contributed by atoms with Crippen molar-refractivity contribution in [2.45, 2.75) is 20.3 Å². The summed E-state index contributed by atoms with van der Waals surface area (Å²) in [5.41, 5.74) is 8.81. The Balaban J connectivity index is 2.49. The molecular weight excluding hydrogens is 266 g/mol. The number of anilines is 1. The topological polar surface area (TPSA) is 52.3 Å². The zero-order valence-electron chi connectivity index (χ0n) is 10.4. The molecule has 2 aromatic heterocycles. The summed E-state index contributed by atoms with van der Waals surface area (Å²) in [5.74, 6) is -0.323. The van der Waals surface area contributed by atoms with Crippen LogP contribution in [-0.4, -0.2) is 12.6 Å². The SMILES string of the molecule is CCOC(=O)c1sc(-c2ccsc2)c(CC)c1N. The van der Waals surface area contributed by atoms with E-state index >= 15 is 0 Å². The van der Waals surface area contributed by atoms with Crippen LogP contribution >= 0.6 is 22.7 Å². The van der Waals surface area contributed by atoms with Gasteiger partial charge >= 0.3 is 5.97 Å². The van der Waals surface area contributed by atoms with Crippen LogP contribution in [0.3, 0.4) is 0 Å². The highest BCUT2D eigenvalue weighted by Gasteiger charge is 2.21. The molecule has 0 aromatic carbocycles. The molecule has 2 N–H and O–H groups in total. The molecule has 0 spiro atoms. The van der Waals surface area contributed by atoms with E-state index in [2.05, 4.69) is 5.38 Å². The van der Waals surface area contributed by atoms with Crippen molar-refractivity contribution in [2.75, 3.05) is 12.3 Å². The first-order chi connectivity index (χ1) is 8.69. The smallest absolute Gasteiger partial charge is 0.350 e. The second-order valence-corrected chi connectivity index (χ2v) is 5.54. The number of rotatable bonds is 4. The van der Waals surface area contributed by atoms with Gasteiger partial charge in [-0.1, -0.05) is 6.92 Å². The lowest BCUT2D eigenvalue weighted by Gasteiger charge is -2.01. The molecule has 0 fully saturated rings. The molecule has 0 radical (unpaired) electrons. The summed E-state index contributed by atoms with van der Waals surface area (Å²) >= 11 is 3.06. The van der Waals surface area contributed by atoms with E-state index in [-0.39, 0.29) is 5.97 Å². The van der Waals surface area contributed by atoms with E-state index in [0.717, 1.165) is 22.4 Å². The van der Waals surface area contributed by atoms with Crippen molar-refractivity contribution in [2.24, 2.45) is 0 Å². The van der Waals surface area contributed by atoms with Crippen LogP contribution in [0, 0.1) is 0 Å². The van der Waals surface area contributed by atoms with Crippen molar-refractivity contribution < 1.29 is 9.53 Å². The van der Waals surface area contributed by atoms with Gasteiger partial charge in [0, 0.05) is 10.4 Å². The molecule has 5 heteroatoms. The fourth-order valence-corrected chi connectivity index (χ4v) is 3.73. The molecule has 18 heavy (non-hydrogen) atoms. The first kappa shape index (κ1) is 13.1. The van der Waals surface area contributed by atoms with Crippen LogP contribution in [0.2, 0.25) is 0 Å². The van der Waals surface area contributed by atoms with Crippen LogP contribution in [0.1, 0.15) is 29.1 Å². The van der Waals surface area contributed by atoms with E-state index in [0.29, 0.717) is 17.2 Å². The molecular formula is C13H15NO2S2. The molecule has 0 unspecified atom stereocenters. The van der Waals surface area contributed by atoms with Crippen molar-refractivity contribution in [1.29, 1.82) is 0 Å². The largest absolute Gasteiger partial charge is 0.462 e. The summed E-state index contributed by atoms with van der Waals surface area (Å²) < 4.78 is 5.03. The zero-order valence-corrected chi connectivity index (χ0v) is 12.0. The highest BCUT2D eigenvalue weighted by Crippen LogP contribution is 2.40. The molecule has 0 amide bonds. The van der Waals surface area contributed by atoms with E-state index in [1.54, 1.807) is 18.3 Å². The zero-order chi connectivity index (χ0) is 13.1. The first-order valence-electron chi connectivity index (χ1n) is 5.79. The normalized spacial score (nSPS) is 10.6. The Morgan fingerprint density at radius 3 is 2.78 bits per heavy atom. The van der Waals surface area contributed by atoms with Crippen LogP contribution in [-0.2, 0) is 11.2 Å². The second kappa shape index (κ2) is 5.54. The number of thiophene rings is 2. The lowest BCUT2D eigenvalue weighted by atomic mass is 10.1. The highest BCUT2D eigenvalue weighted by atomic mass is 32.1. The summed E-state index contributed by atoms with van der Waals surface area (Å²) in [4.78, 5) is 13.4. The number of nitrogen functional groups attached to an aromatic ring is 1. The van der Waals surface area contributed by atoms with Gasteiger partial charge in [0.1, 0.15) is 4.88 Å². The summed E-state index contributed by atoms with van der Waals surface area (Å²) in [6, 6.07) is 2.05. The van der Waals surface area contributed by atoms with E-state index in [1.165, 1.54) is 11.3 Å². The number of hydrogen-bond acceptors (Lipinski definition) is 5. The standard InChI is InChI=1S/C13H15NO2S2/c1-3-9-10(14)12(13(15)16-4-2)18-11(9)8-5-6-17-7-8/h5-7H,3-4,14H2,1-2H3. The fourth-order valence-electron chi connectivity index (χ4n) is 1.80. The van der Waals surface area contributed by atoms with Crippen LogP contribution < -0.4 is 5.73 Å². The minimum absolute atomic E-state index is 0.323. The predicted octanol–water partition coefficient (Wildman–Crippen LogP) is 3.80. The Hall–Kier alpha value is -1.33. The van der Waals surface area contributed by atoms with Gasteiger partial charge in [-0.3, -0.25) is 0 Å². The number of esters is 1. The molecule has 96 valence electrons. The third-order valence-corrected chi connectivity index (χ3v) is 4.61. The fraction of sp³-hybridized carbons (Fsp3) is 0.308. The molecule has 0 aliphatic carbocycles. The summed E-state index contributed by atoms with van der Waals surface area (Å²) in [7, 11) is 0. The average molecular weight is 281 g/mol. The molecule has 0 aliphatic rings. The van der Waals surface area contributed by atoms with Gasteiger partial charge in [-0.2, -0.15) is 11.3 Å². The Kier molecular flexibility index (Phi) is 4.04. The van der Waals surface area contributed by atoms with Crippen molar-refractivity contribution >= 4 is 34.3 Å². The highest BCUT2D eigenvalue weighted by molar-refractivity contribution is 7.18. The van der Waals surface area contributed by atoms with E-state index < -0.39 is 0 Å². The van der Waals surface area contributed by atoms with E-state index in [1.807, 2.05) is 18.4 Å². The Labute approximate surface area is 114 Å². The summed E-state index contributed by atoms with van der Waals surface area (Å²) in [6.45, 7) is 4.21. The van der Waals surface area contributed by atoms with Crippen molar-refractivity contribution in [3.8, 4) is 10.4 Å². The lowest BCUT2D eigenvalue weighted by molar-refractivity contribution is 0.0533. The van der Waals surface area contributed by atoms with Crippen LogP contribution in [0.15, 0.2) is 16.8 Å². The van der Waals surface area contributed by atoms with Gasteiger partial charge in [-0.15, -0.1) is 11.3 Å². The Bertz CT molecular complexity index is 544. The molecule has 3 nitrogen and oxygen atoms in total. The van der Waals surface area contributed by atoms with Crippen LogP contribution in [0.25, 0.3) is 10.4 Å². The maximum absolute atomic E-state index is 11.8. The minimum atomic E-state index is -0.323. The first-order valence-corrected chi connectivity index (χ1v) is 7.55. The van der Waals surface area contributed by atoms with E-state index in [9.17, 15) is 4.79 Å². The molecule has 0 saturated carbocycles. The molecule has 0 bridgehead atoms. The van der Waals surface area contributed by atoms with Crippen molar-refractivity contribution in [3.05, 3.63) is 27.3 Å². The summed E-state index contributed by atoms with van der Waals surface area (Å²) in [6.07, 6.45) is 0.812. The number of ether oxygens (including phenoxy) is 1. The number of hydrogen-bond donors (Lipinski definition) is 1. The van der Waals surface area contributed by atoms with Crippen molar-refractivity contribution in [3.63, 3.8) is 0 Å². The predicted molar refractivity (Wildman–Crippen MR) is 77.4 cm³/mol. The van der Waals surface area contributed by atoms with Crippen molar-refractivity contribution in [1.82, 2.24) is 0 Å². The summed E-state index contributed by atoms with van der Waals surface area (Å²) in [5, 5.41) is 4.09.